The number of non-ortho nitro benzene ring substituents is 1. The van der Waals surface area contributed by atoms with E-state index in [0.29, 0.717) is 10.3 Å². The molecule has 0 spiro atoms. The number of hydrogen-bond donors (Lipinski definition) is 0. The minimum atomic E-state index is -0.370. The van der Waals surface area contributed by atoms with E-state index in [9.17, 15) is 10.1 Å². The lowest BCUT2D eigenvalue weighted by Crippen LogP contribution is -2.25. The fourth-order valence-corrected chi connectivity index (χ4v) is 2.39. The second-order valence-corrected chi connectivity index (χ2v) is 4.06. The van der Waals surface area contributed by atoms with Gasteiger partial charge in [0, 0.05) is 16.7 Å². The Balaban J connectivity index is 2.53. The molecule has 2 aliphatic carbocycles. The first-order valence-electron chi connectivity index (χ1n) is 4.76. The Morgan fingerprint density at radius 3 is 2.81 bits per heavy atom. The van der Waals surface area contributed by atoms with Crippen molar-refractivity contribution in [2.45, 2.75) is 0 Å². The van der Waals surface area contributed by atoms with E-state index in [4.69, 9.17) is 11.6 Å². The lowest BCUT2D eigenvalue weighted by atomic mass is 10.1. The summed E-state index contributed by atoms with van der Waals surface area (Å²) in [7, 11) is 0. The zero-order valence-corrected chi connectivity index (χ0v) is 8.86. The van der Waals surface area contributed by atoms with Crippen LogP contribution in [0.2, 0.25) is 0 Å². The van der Waals surface area contributed by atoms with Crippen molar-refractivity contribution < 1.29 is 4.92 Å². The van der Waals surface area contributed by atoms with Gasteiger partial charge in [-0.25, -0.2) is 0 Å². The summed E-state index contributed by atoms with van der Waals surface area (Å²) >= 11 is 6.05. The maximum Gasteiger partial charge on any atom is 0.277 e. The summed E-state index contributed by atoms with van der Waals surface area (Å²) in [5.74, 6) is 0. The molecule has 16 heavy (non-hydrogen) atoms. The van der Waals surface area contributed by atoms with Crippen LogP contribution in [0.1, 0.15) is 0 Å². The number of allylic oxidation sites excluding steroid dienone is 4. The Morgan fingerprint density at radius 2 is 2.06 bits per heavy atom. The van der Waals surface area contributed by atoms with Crippen LogP contribution in [0, 0.1) is 10.1 Å². The van der Waals surface area contributed by atoms with Gasteiger partial charge in [0.05, 0.1) is 10.1 Å². The van der Waals surface area contributed by atoms with Crippen molar-refractivity contribution in [2.75, 3.05) is 0 Å². The summed E-state index contributed by atoms with van der Waals surface area (Å²) in [6.07, 6.45) is 5.56. The Hall–Kier alpha value is -1.87. The molecule has 0 bridgehead atoms. The van der Waals surface area contributed by atoms with Gasteiger partial charge in [0.25, 0.3) is 5.69 Å². The number of fused-ring (bicyclic) bond motifs is 2. The topological polar surface area (TPSA) is 43.1 Å². The molecule has 1 aromatic carbocycles. The largest absolute Gasteiger partial charge is 0.277 e. The third kappa shape index (κ3) is 1.09. The molecule has 0 saturated heterocycles. The van der Waals surface area contributed by atoms with E-state index in [1.54, 1.807) is 12.1 Å². The number of nitro benzene ring substituents is 1. The van der Waals surface area contributed by atoms with Gasteiger partial charge < -0.3 is 0 Å². The molecule has 0 aromatic heterocycles. The van der Waals surface area contributed by atoms with Gasteiger partial charge in [-0.1, -0.05) is 29.8 Å². The van der Waals surface area contributed by atoms with Gasteiger partial charge in [0.2, 0.25) is 0 Å². The molecular weight excluding hydrogens is 226 g/mol. The van der Waals surface area contributed by atoms with Gasteiger partial charge in [-0.2, -0.15) is 0 Å². The average Bonchev–Trinajstić information content (AvgIpc) is 2.77. The van der Waals surface area contributed by atoms with Crippen molar-refractivity contribution in [3.8, 4) is 0 Å². The normalized spacial score (nSPS) is 16.2. The third-order valence-electron chi connectivity index (χ3n) is 2.77. The van der Waals surface area contributed by atoms with Gasteiger partial charge >= 0.3 is 0 Å². The van der Waals surface area contributed by atoms with E-state index in [0.717, 1.165) is 16.4 Å². The molecule has 0 saturated carbocycles. The molecule has 0 atom stereocenters. The molecule has 78 valence electrons. The maximum absolute atomic E-state index is 11.0. The summed E-state index contributed by atoms with van der Waals surface area (Å²) in [6.45, 7) is 0. The summed E-state index contributed by atoms with van der Waals surface area (Å²) in [5, 5.41) is 13.0. The first-order valence-corrected chi connectivity index (χ1v) is 5.14. The second kappa shape index (κ2) is 3.06. The predicted molar refractivity (Wildman–Crippen MR) is 62.2 cm³/mol. The Kier molecular flexibility index (Phi) is 1.79. The SMILES string of the molecule is O=[N+]([O-])c1cccc2c1=C1C(Cl)=CC=C1C=2. The van der Waals surface area contributed by atoms with Crippen LogP contribution >= 0.6 is 11.6 Å². The van der Waals surface area contributed by atoms with Crippen LogP contribution in [-0.2, 0) is 0 Å². The highest BCUT2D eigenvalue weighted by Gasteiger charge is 2.23. The number of halogens is 1. The van der Waals surface area contributed by atoms with Crippen LogP contribution in [0.25, 0.3) is 11.6 Å². The lowest BCUT2D eigenvalue weighted by molar-refractivity contribution is -0.386. The number of hydrogen-bond acceptors (Lipinski definition) is 2. The highest BCUT2D eigenvalue weighted by molar-refractivity contribution is 6.38. The summed E-state index contributed by atoms with van der Waals surface area (Å²) < 4.78 is 0. The van der Waals surface area contributed by atoms with Crippen LogP contribution in [0.4, 0.5) is 5.69 Å². The monoisotopic (exact) mass is 231 g/mol. The maximum atomic E-state index is 11.0. The molecule has 3 nitrogen and oxygen atoms in total. The van der Waals surface area contributed by atoms with Crippen molar-refractivity contribution in [2.24, 2.45) is 0 Å². The molecule has 1 aromatic rings. The highest BCUT2D eigenvalue weighted by atomic mass is 35.5. The molecule has 0 unspecified atom stereocenters. The summed E-state index contributed by atoms with van der Waals surface area (Å²) in [6, 6.07) is 5.05. The van der Waals surface area contributed by atoms with Crippen molar-refractivity contribution in [1.82, 2.24) is 0 Å². The molecule has 3 rings (SSSR count). The Morgan fingerprint density at radius 1 is 1.25 bits per heavy atom. The number of rotatable bonds is 1. The standard InChI is InChI=1S/C12H6ClNO2/c13-9-5-4-8-6-7-2-1-3-10(14(15)16)12(7)11(8)9/h1-6H. The van der Waals surface area contributed by atoms with Crippen LogP contribution < -0.4 is 10.4 Å². The molecule has 0 fully saturated rings. The van der Waals surface area contributed by atoms with Crippen molar-refractivity contribution in [1.29, 1.82) is 0 Å². The smallest absolute Gasteiger partial charge is 0.258 e. The van der Waals surface area contributed by atoms with E-state index in [1.807, 2.05) is 18.2 Å². The van der Waals surface area contributed by atoms with Crippen LogP contribution in [-0.4, -0.2) is 4.92 Å². The summed E-state index contributed by atoms with van der Waals surface area (Å²) in [5.41, 5.74) is 1.85. The van der Waals surface area contributed by atoms with Gasteiger partial charge in [-0.05, 0) is 22.9 Å². The Bertz CT molecular complexity index is 698. The molecular formula is C12H6ClNO2. The molecule has 0 radical (unpaired) electrons. The van der Waals surface area contributed by atoms with E-state index in [-0.39, 0.29) is 10.6 Å². The molecule has 0 N–H and O–H groups in total. The number of nitrogens with zero attached hydrogens (tertiary/aromatic N) is 1. The minimum Gasteiger partial charge on any atom is -0.258 e. The first-order chi connectivity index (χ1) is 7.68. The fraction of sp³-hybridized carbons (Fsp3) is 0. The molecule has 0 amide bonds. The Labute approximate surface area is 95.8 Å². The van der Waals surface area contributed by atoms with Crippen LogP contribution in [0.3, 0.4) is 0 Å². The van der Waals surface area contributed by atoms with Crippen molar-refractivity contribution in [3.05, 3.63) is 61.5 Å². The number of benzene rings is 1. The third-order valence-corrected chi connectivity index (χ3v) is 3.08. The molecule has 0 aliphatic heterocycles. The van der Waals surface area contributed by atoms with Crippen molar-refractivity contribution in [3.63, 3.8) is 0 Å². The van der Waals surface area contributed by atoms with Gasteiger partial charge in [-0.3, -0.25) is 10.1 Å². The van der Waals surface area contributed by atoms with Crippen molar-refractivity contribution >= 4 is 28.9 Å². The van der Waals surface area contributed by atoms with Crippen LogP contribution in [0.15, 0.2) is 41.0 Å². The average molecular weight is 232 g/mol. The minimum absolute atomic E-state index is 0.112. The van der Waals surface area contributed by atoms with E-state index in [2.05, 4.69) is 0 Å². The molecule has 4 heteroatoms. The highest BCUT2D eigenvalue weighted by Crippen LogP contribution is 2.32. The van der Waals surface area contributed by atoms with Gasteiger partial charge in [0.15, 0.2) is 0 Å². The number of nitro groups is 1. The van der Waals surface area contributed by atoms with E-state index >= 15 is 0 Å². The molecule has 2 aliphatic rings. The first kappa shape index (κ1) is 9.36. The van der Waals surface area contributed by atoms with Gasteiger partial charge in [0.1, 0.15) is 0 Å². The fourth-order valence-electron chi connectivity index (χ4n) is 2.12. The quantitative estimate of drug-likeness (QED) is 0.544. The predicted octanol–water partition coefficient (Wildman–Crippen LogP) is 1.60. The molecule has 0 heterocycles. The zero-order valence-electron chi connectivity index (χ0n) is 8.11. The lowest BCUT2D eigenvalue weighted by Gasteiger charge is -1.97. The zero-order chi connectivity index (χ0) is 11.3. The van der Waals surface area contributed by atoms with Crippen LogP contribution in [0.5, 0.6) is 0 Å². The van der Waals surface area contributed by atoms with E-state index < -0.39 is 0 Å². The van der Waals surface area contributed by atoms with E-state index in [1.165, 1.54) is 6.07 Å². The van der Waals surface area contributed by atoms with Gasteiger partial charge in [-0.15, -0.1) is 0 Å². The second-order valence-electron chi connectivity index (χ2n) is 3.65. The summed E-state index contributed by atoms with van der Waals surface area (Å²) in [4.78, 5) is 10.6.